The SMILES string of the molecule is COC(=O)CC(C)NC(=O)CCn1ccc2ccccc21. The van der Waals surface area contributed by atoms with Crippen molar-refractivity contribution < 1.29 is 14.3 Å². The maximum Gasteiger partial charge on any atom is 0.307 e. The lowest BCUT2D eigenvalue weighted by Crippen LogP contribution is -2.34. The van der Waals surface area contributed by atoms with E-state index in [2.05, 4.69) is 14.6 Å². The minimum Gasteiger partial charge on any atom is -0.469 e. The fourth-order valence-corrected chi connectivity index (χ4v) is 2.29. The van der Waals surface area contributed by atoms with Crippen LogP contribution in [0.15, 0.2) is 36.5 Å². The maximum atomic E-state index is 11.9. The predicted octanol–water partition coefficient (Wildman–Crippen LogP) is 2.10. The fourth-order valence-electron chi connectivity index (χ4n) is 2.29. The summed E-state index contributed by atoms with van der Waals surface area (Å²) < 4.78 is 6.63. The molecule has 0 saturated heterocycles. The zero-order chi connectivity index (χ0) is 15.2. The van der Waals surface area contributed by atoms with Crippen LogP contribution in [0.4, 0.5) is 0 Å². The number of esters is 1. The molecular formula is C16H20N2O3. The highest BCUT2D eigenvalue weighted by Crippen LogP contribution is 2.15. The van der Waals surface area contributed by atoms with E-state index in [1.54, 1.807) is 6.92 Å². The number of ether oxygens (including phenoxy) is 1. The van der Waals surface area contributed by atoms with Crippen LogP contribution in [0.3, 0.4) is 0 Å². The number of nitrogens with one attached hydrogen (secondary N) is 1. The quantitative estimate of drug-likeness (QED) is 0.828. The first-order valence-electron chi connectivity index (χ1n) is 7.00. The largest absolute Gasteiger partial charge is 0.469 e. The summed E-state index contributed by atoms with van der Waals surface area (Å²) in [4.78, 5) is 23.0. The van der Waals surface area contributed by atoms with Gasteiger partial charge in [-0.05, 0) is 24.4 Å². The summed E-state index contributed by atoms with van der Waals surface area (Å²) in [5.41, 5.74) is 1.12. The normalized spacial score (nSPS) is 12.1. The van der Waals surface area contributed by atoms with Gasteiger partial charge in [0.1, 0.15) is 0 Å². The number of aryl methyl sites for hydroxylation is 1. The van der Waals surface area contributed by atoms with Crippen molar-refractivity contribution in [1.82, 2.24) is 9.88 Å². The second-order valence-electron chi connectivity index (χ2n) is 5.07. The third-order valence-corrected chi connectivity index (χ3v) is 3.37. The van der Waals surface area contributed by atoms with Gasteiger partial charge in [0, 0.05) is 30.7 Å². The van der Waals surface area contributed by atoms with E-state index in [0.717, 1.165) is 10.9 Å². The summed E-state index contributed by atoms with van der Waals surface area (Å²) in [7, 11) is 1.34. The Morgan fingerprint density at radius 3 is 2.81 bits per heavy atom. The first kappa shape index (κ1) is 15.1. The third kappa shape index (κ3) is 4.08. The van der Waals surface area contributed by atoms with E-state index >= 15 is 0 Å². The van der Waals surface area contributed by atoms with Crippen molar-refractivity contribution >= 4 is 22.8 Å². The number of rotatable bonds is 6. The van der Waals surface area contributed by atoms with Gasteiger partial charge in [0.25, 0.3) is 0 Å². The van der Waals surface area contributed by atoms with E-state index < -0.39 is 0 Å². The van der Waals surface area contributed by atoms with Crippen LogP contribution in [-0.2, 0) is 20.9 Å². The van der Waals surface area contributed by atoms with Crippen LogP contribution in [0.2, 0.25) is 0 Å². The number of para-hydroxylation sites is 1. The van der Waals surface area contributed by atoms with Gasteiger partial charge in [-0.1, -0.05) is 18.2 Å². The van der Waals surface area contributed by atoms with Gasteiger partial charge in [0.2, 0.25) is 5.91 Å². The van der Waals surface area contributed by atoms with Gasteiger partial charge in [0.05, 0.1) is 13.5 Å². The Bertz CT molecular complexity index is 633. The zero-order valence-corrected chi connectivity index (χ0v) is 12.3. The molecule has 0 saturated carbocycles. The Kier molecular flexibility index (Phi) is 4.98. The topological polar surface area (TPSA) is 60.3 Å². The minimum atomic E-state index is -0.320. The van der Waals surface area contributed by atoms with Gasteiger partial charge in [-0.15, -0.1) is 0 Å². The van der Waals surface area contributed by atoms with Crippen molar-refractivity contribution in [2.24, 2.45) is 0 Å². The van der Waals surface area contributed by atoms with Gasteiger partial charge in [-0.25, -0.2) is 0 Å². The van der Waals surface area contributed by atoms with Crippen LogP contribution in [0.1, 0.15) is 19.8 Å². The molecule has 0 aliphatic rings. The number of carbonyl (C=O) groups is 2. The van der Waals surface area contributed by atoms with E-state index in [4.69, 9.17) is 0 Å². The predicted molar refractivity (Wildman–Crippen MR) is 80.8 cm³/mol. The molecule has 2 rings (SSSR count). The number of fused-ring (bicyclic) bond motifs is 1. The number of hydrogen-bond donors (Lipinski definition) is 1. The summed E-state index contributed by atoms with van der Waals surface area (Å²) in [6.07, 6.45) is 2.55. The Morgan fingerprint density at radius 1 is 1.29 bits per heavy atom. The van der Waals surface area contributed by atoms with Crippen molar-refractivity contribution in [2.75, 3.05) is 7.11 Å². The Balaban J connectivity index is 1.85. The third-order valence-electron chi connectivity index (χ3n) is 3.37. The first-order valence-corrected chi connectivity index (χ1v) is 7.00. The molecule has 0 bridgehead atoms. The number of hydrogen-bond acceptors (Lipinski definition) is 3. The monoisotopic (exact) mass is 288 g/mol. The summed E-state index contributed by atoms with van der Waals surface area (Å²) in [6, 6.07) is 9.88. The molecule has 1 unspecified atom stereocenters. The molecule has 0 aliphatic carbocycles. The maximum absolute atomic E-state index is 11.9. The number of amides is 1. The number of benzene rings is 1. The number of carbonyl (C=O) groups excluding carboxylic acids is 2. The number of nitrogens with zero attached hydrogens (tertiary/aromatic N) is 1. The Morgan fingerprint density at radius 2 is 2.05 bits per heavy atom. The molecular weight excluding hydrogens is 268 g/mol. The van der Waals surface area contributed by atoms with Gasteiger partial charge in [-0.3, -0.25) is 9.59 Å². The van der Waals surface area contributed by atoms with Crippen molar-refractivity contribution in [3.05, 3.63) is 36.5 Å². The zero-order valence-electron chi connectivity index (χ0n) is 12.3. The highest BCUT2D eigenvalue weighted by Gasteiger charge is 2.12. The van der Waals surface area contributed by atoms with Crippen molar-refractivity contribution in [3.8, 4) is 0 Å². The van der Waals surface area contributed by atoms with Crippen LogP contribution in [0.25, 0.3) is 10.9 Å². The number of aromatic nitrogens is 1. The molecule has 1 amide bonds. The molecule has 2 aromatic rings. The standard InChI is InChI=1S/C16H20N2O3/c1-12(11-16(20)21-2)17-15(19)8-10-18-9-7-13-5-3-4-6-14(13)18/h3-7,9,12H,8,10-11H2,1-2H3,(H,17,19). The summed E-state index contributed by atoms with van der Waals surface area (Å²) in [6.45, 7) is 2.41. The molecule has 1 heterocycles. The van der Waals surface area contributed by atoms with E-state index in [1.165, 1.54) is 7.11 Å². The van der Waals surface area contributed by atoms with Crippen LogP contribution in [0.5, 0.6) is 0 Å². The van der Waals surface area contributed by atoms with Crippen molar-refractivity contribution in [3.63, 3.8) is 0 Å². The molecule has 0 aliphatic heterocycles. The molecule has 0 spiro atoms. The molecule has 0 radical (unpaired) electrons. The Hall–Kier alpha value is -2.30. The van der Waals surface area contributed by atoms with Crippen molar-refractivity contribution in [1.29, 1.82) is 0 Å². The smallest absolute Gasteiger partial charge is 0.307 e. The summed E-state index contributed by atoms with van der Waals surface area (Å²) in [5.74, 6) is -0.386. The second kappa shape index (κ2) is 6.92. The molecule has 1 atom stereocenters. The molecule has 5 nitrogen and oxygen atoms in total. The Labute approximate surface area is 123 Å². The van der Waals surface area contributed by atoms with E-state index in [-0.39, 0.29) is 24.3 Å². The van der Waals surface area contributed by atoms with Gasteiger partial charge >= 0.3 is 5.97 Å². The van der Waals surface area contributed by atoms with E-state index in [9.17, 15) is 9.59 Å². The highest BCUT2D eigenvalue weighted by molar-refractivity contribution is 5.81. The molecule has 1 aromatic heterocycles. The minimum absolute atomic E-state index is 0.0656. The van der Waals surface area contributed by atoms with E-state index in [1.807, 2.05) is 36.5 Å². The first-order chi connectivity index (χ1) is 10.1. The lowest BCUT2D eigenvalue weighted by molar-refractivity contribution is -0.141. The van der Waals surface area contributed by atoms with Crippen LogP contribution < -0.4 is 5.32 Å². The highest BCUT2D eigenvalue weighted by atomic mass is 16.5. The fraction of sp³-hybridized carbons (Fsp3) is 0.375. The lowest BCUT2D eigenvalue weighted by atomic mass is 10.2. The molecule has 112 valence electrons. The lowest BCUT2D eigenvalue weighted by Gasteiger charge is -2.13. The summed E-state index contributed by atoms with van der Waals surface area (Å²) >= 11 is 0. The molecule has 5 heteroatoms. The average Bonchev–Trinajstić information content (AvgIpc) is 2.88. The van der Waals surface area contributed by atoms with Gasteiger partial charge in [-0.2, -0.15) is 0 Å². The van der Waals surface area contributed by atoms with Crippen LogP contribution in [0, 0.1) is 0 Å². The van der Waals surface area contributed by atoms with E-state index in [0.29, 0.717) is 13.0 Å². The van der Waals surface area contributed by atoms with Gasteiger partial charge in [0.15, 0.2) is 0 Å². The van der Waals surface area contributed by atoms with Crippen LogP contribution >= 0.6 is 0 Å². The van der Waals surface area contributed by atoms with Crippen LogP contribution in [-0.4, -0.2) is 29.6 Å². The number of methoxy groups -OCH3 is 1. The molecule has 1 N–H and O–H groups in total. The summed E-state index contributed by atoms with van der Waals surface area (Å²) in [5, 5.41) is 3.97. The molecule has 1 aromatic carbocycles. The second-order valence-corrected chi connectivity index (χ2v) is 5.07. The van der Waals surface area contributed by atoms with Crippen molar-refractivity contribution in [2.45, 2.75) is 32.4 Å². The molecule has 21 heavy (non-hydrogen) atoms. The molecule has 0 fully saturated rings. The average molecular weight is 288 g/mol. The van der Waals surface area contributed by atoms with Gasteiger partial charge < -0.3 is 14.6 Å².